The van der Waals surface area contributed by atoms with E-state index in [0.717, 1.165) is 25.1 Å². The van der Waals surface area contributed by atoms with Crippen LogP contribution in [0.15, 0.2) is 18.2 Å². The van der Waals surface area contributed by atoms with Gasteiger partial charge in [-0.15, -0.1) is 0 Å². The first-order chi connectivity index (χ1) is 9.01. The summed E-state index contributed by atoms with van der Waals surface area (Å²) >= 11 is 11.9. The molecule has 4 heteroatoms. The number of ether oxygens (including phenoxy) is 1. The molecule has 0 bridgehead atoms. The molecule has 1 saturated carbocycles. The Hall–Kier alpha value is -0.440. The first kappa shape index (κ1) is 15.0. The molecule has 1 aliphatic rings. The van der Waals surface area contributed by atoms with E-state index in [0.29, 0.717) is 16.1 Å². The zero-order valence-electron chi connectivity index (χ0n) is 11.7. The van der Waals surface area contributed by atoms with Crippen LogP contribution < -0.4 is 10.1 Å². The second-order valence-electron chi connectivity index (χ2n) is 5.39. The van der Waals surface area contributed by atoms with Crippen LogP contribution in [0, 0.1) is 5.41 Å². The molecule has 106 valence electrons. The number of nitrogens with one attached hydrogen (secondary N) is 1. The Morgan fingerprint density at radius 3 is 2.63 bits per heavy atom. The monoisotopic (exact) mass is 301 g/mol. The topological polar surface area (TPSA) is 21.3 Å². The maximum Gasteiger partial charge on any atom is 0.121 e. The minimum absolute atomic E-state index is 0.183. The summed E-state index contributed by atoms with van der Waals surface area (Å²) in [5.74, 6) is 0.800. The second kappa shape index (κ2) is 5.90. The van der Waals surface area contributed by atoms with Gasteiger partial charge in [-0.1, -0.05) is 44.0 Å². The molecular formula is C15H21Cl2NO. The van der Waals surface area contributed by atoms with Crippen molar-refractivity contribution in [3.63, 3.8) is 0 Å². The van der Waals surface area contributed by atoms with E-state index in [2.05, 4.69) is 26.1 Å². The van der Waals surface area contributed by atoms with Gasteiger partial charge >= 0.3 is 0 Å². The second-order valence-corrected chi connectivity index (χ2v) is 6.20. The van der Waals surface area contributed by atoms with E-state index < -0.39 is 0 Å². The van der Waals surface area contributed by atoms with Crippen molar-refractivity contribution in [3.8, 4) is 5.75 Å². The Balaban J connectivity index is 2.05. The van der Waals surface area contributed by atoms with Gasteiger partial charge in [0.25, 0.3) is 0 Å². The van der Waals surface area contributed by atoms with E-state index in [4.69, 9.17) is 27.9 Å². The molecule has 3 atom stereocenters. The first-order valence-corrected chi connectivity index (χ1v) is 7.62. The van der Waals surface area contributed by atoms with E-state index in [9.17, 15) is 0 Å². The molecular weight excluding hydrogens is 281 g/mol. The molecule has 1 aromatic rings. The Labute approximate surface area is 125 Å². The van der Waals surface area contributed by atoms with Gasteiger partial charge in [0, 0.05) is 23.9 Å². The van der Waals surface area contributed by atoms with Crippen LogP contribution in [-0.2, 0) is 0 Å². The molecule has 0 aromatic heterocycles. The van der Waals surface area contributed by atoms with E-state index in [1.54, 1.807) is 12.1 Å². The van der Waals surface area contributed by atoms with Crippen molar-refractivity contribution in [2.45, 2.75) is 45.8 Å². The van der Waals surface area contributed by atoms with Gasteiger partial charge in [0.05, 0.1) is 10.0 Å². The quantitative estimate of drug-likeness (QED) is 0.862. The van der Waals surface area contributed by atoms with Gasteiger partial charge in [0.2, 0.25) is 0 Å². The van der Waals surface area contributed by atoms with Gasteiger partial charge in [-0.25, -0.2) is 0 Å². The number of rotatable bonds is 5. The predicted molar refractivity (Wildman–Crippen MR) is 81.4 cm³/mol. The van der Waals surface area contributed by atoms with Crippen molar-refractivity contribution in [3.05, 3.63) is 28.2 Å². The summed E-state index contributed by atoms with van der Waals surface area (Å²) in [4.78, 5) is 0. The molecule has 2 rings (SSSR count). The SMILES string of the molecule is CCNC1CC(Oc2ccc(Cl)c(Cl)c2)C1(C)CC. The van der Waals surface area contributed by atoms with Crippen LogP contribution in [0.1, 0.15) is 33.6 Å². The molecule has 0 heterocycles. The zero-order chi connectivity index (χ0) is 14.0. The summed E-state index contributed by atoms with van der Waals surface area (Å²) in [6.45, 7) is 7.64. The Morgan fingerprint density at radius 2 is 2.05 bits per heavy atom. The van der Waals surface area contributed by atoms with Crippen molar-refractivity contribution < 1.29 is 4.74 Å². The number of halogens is 2. The third-order valence-corrected chi connectivity index (χ3v) is 5.10. The summed E-state index contributed by atoms with van der Waals surface area (Å²) in [6.07, 6.45) is 2.37. The lowest BCUT2D eigenvalue weighted by atomic mass is 9.61. The van der Waals surface area contributed by atoms with Crippen molar-refractivity contribution in [2.24, 2.45) is 5.41 Å². The lowest BCUT2D eigenvalue weighted by molar-refractivity contribution is -0.0696. The van der Waals surface area contributed by atoms with Gasteiger partial charge in [-0.2, -0.15) is 0 Å². The molecule has 1 fully saturated rings. The summed E-state index contributed by atoms with van der Waals surface area (Å²) in [7, 11) is 0. The molecule has 1 aromatic carbocycles. The molecule has 0 radical (unpaired) electrons. The zero-order valence-corrected chi connectivity index (χ0v) is 13.2. The highest BCUT2D eigenvalue weighted by Gasteiger charge is 2.51. The molecule has 1 aliphatic carbocycles. The maximum absolute atomic E-state index is 6.09. The molecule has 0 aliphatic heterocycles. The highest BCUT2D eigenvalue weighted by atomic mass is 35.5. The smallest absolute Gasteiger partial charge is 0.121 e. The average molecular weight is 302 g/mol. The average Bonchev–Trinajstić information content (AvgIpc) is 2.40. The molecule has 0 spiro atoms. The van der Waals surface area contributed by atoms with Crippen molar-refractivity contribution in [1.82, 2.24) is 5.32 Å². The van der Waals surface area contributed by atoms with Crippen LogP contribution >= 0.6 is 23.2 Å². The van der Waals surface area contributed by atoms with E-state index in [-0.39, 0.29) is 11.5 Å². The molecule has 3 unspecified atom stereocenters. The fourth-order valence-electron chi connectivity index (χ4n) is 2.75. The minimum atomic E-state index is 0.183. The molecule has 1 N–H and O–H groups in total. The summed E-state index contributed by atoms with van der Waals surface area (Å²) in [6, 6.07) is 5.99. The molecule has 19 heavy (non-hydrogen) atoms. The van der Waals surface area contributed by atoms with Crippen molar-refractivity contribution >= 4 is 23.2 Å². The van der Waals surface area contributed by atoms with Crippen molar-refractivity contribution in [2.75, 3.05) is 6.54 Å². The fraction of sp³-hybridized carbons (Fsp3) is 0.600. The van der Waals surface area contributed by atoms with E-state index in [1.807, 2.05) is 6.07 Å². The third kappa shape index (κ3) is 2.86. The summed E-state index contributed by atoms with van der Waals surface area (Å²) < 4.78 is 6.09. The normalized spacial score (nSPS) is 29.9. The largest absolute Gasteiger partial charge is 0.490 e. The maximum atomic E-state index is 6.09. The summed E-state index contributed by atoms with van der Waals surface area (Å²) in [5.41, 5.74) is 0.183. The Kier molecular flexibility index (Phi) is 4.65. The standard InChI is InChI=1S/C15H21Cl2NO/c1-4-15(3)13(18-5-2)9-14(15)19-10-6-7-11(16)12(17)8-10/h6-8,13-14,18H,4-5,9H2,1-3H3. The predicted octanol–water partition coefficient (Wildman–Crippen LogP) is 4.54. The van der Waals surface area contributed by atoms with Crippen LogP contribution in [0.5, 0.6) is 5.75 Å². The van der Waals surface area contributed by atoms with Gasteiger partial charge in [0.1, 0.15) is 11.9 Å². The van der Waals surface area contributed by atoms with Crippen LogP contribution in [0.3, 0.4) is 0 Å². The lowest BCUT2D eigenvalue weighted by Gasteiger charge is -2.53. The van der Waals surface area contributed by atoms with E-state index in [1.165, 1.54) is 0 Å². The third-order valence-electron chi connectivity index (χ3n) is 4.36. The van der Waals surface area contributed by atoms with E-state index >= 15 is 0 Å². The molecule has 0 amide bonds. The lowest BCUT2D eigenvalue weighted by Crippen LogP contribution is -2.63. The van der Waals surface area contributed by atoms with Crippen LogP contribution in [0.25, 0.3) is 0 Å². The minimum Gasteiger partial charge on any atom is -0.490 e. The van der Waals surface area contributed by atoms with Crippen molar-refractivity contribution in [1.29, 1.82) is 0 Å². The fourth-order valence-corrected chi connectivity index (χ4v) is 3.04. The Morgan fingerprint density at radius 1 is 1.32 bits per heavy atom. The van der Waals surface area contributed by atoms with Crippen LogP contribution in [-0.4, -0.2) is 18.7 Å². The number of benzene rings is 1. The molecule has 2 nitrogen and oxygen atoms in total. The number of hydrogen-bond acceptors (Lipinski definition) is 2. The highest BCUT2D eigenvalue weighted by Crippen LogP contribution is 2.46. The van der Waals surface area contributed by atoms with Gasteiger partial charge in [-0.3, -0.25) is 0 Å². The van der Waals surface area contributed by atoms with Crippen LogP contribution in [0.2, 0.25) is 10.0 Å². The molecule has 0 saturated heterocycles. The van der Waals surface area contributed by atoms with Gasteiger partial charge in [0.15, 0.2) is 0 Å². The highest BCUT2D eigenvalue weighted by molar-refractivity contribution is 6.42. The van der Waals surface area contributed by atoms with Crippen LogP contribution in [0.4, 0.5) is 0 Å². The van der Waals surface area contributed by atoms with Gasteiger partial charge < -0.3 is 10.1 Å². The summed E-state index contributed by atoms with van der Waals surface area (Å²) in [5, 5.41) is 4.64. The Bertz CT molecular complexity index is 452. The number of hydrogen-bond donors (Lipinski definition) is 1. The van der Waals surface area contributed by atoms with Gasteiger partial charge in [-0.05, 0) is 25.1 Å². The first-order valence-electron chi connectivity index (χ1n) is 6.86.